The average Bonchev–Trinajstić information content (AvgIpc) is 2.87. The lowest BCUT2D eigenvalue weighted by atomic mass is 10.1. The Kier molecular flexibility index (Phi) is 4.89. The molecule has 1 heterocycles. The van der Waals surface area contributed by atoms with Crippen LogP contribution in [0, 0.1) is 5.92 Å². The van der Waals surface area contributed by atoms with Crippen molar-refractivity contribution in [3.63, 3.8) is 0 Å². The number of hydrogen-bond acceptors (Lipinski definition) is 3. The maximum atomic E-state index is 12.2. The first-order valence-electron chi connectivity index (χ1n) is 6.59. The van der Waals surface area contributed by atoms with E-state index in [2.05, 4.69) is 10.1 Å². The lowest BCUT2D eigenvalue weighted by Gasteiger charge is -2.16. The lowest BCUT2D eigenvalue weighted by molar-refractivity contribution is -0.0498. The van der Waals surface area contributed by atoms with E-state index in [1.165, 1.54) is 24.3 Å². The van der Waals surface area contributed by atoms with Crippen LogP contribution in [0.1, 0.15) is 16.8 Å². The number of nitrogens with zero attached hydrogens (tertiary/aromatic N) is 1. The van der Waals surface area contributed by atoms with E-state index in [1.807, 2.05) is 7.05 Å². The first-order valence-corrected chi connectivity index (χ1v) is 6.59. The van der Waals surface area contributed by atoms with Crippen LogP contribution < -0.4 is 10.1 Å². The molecule has 0 saturated carbocycles. The zero-order valence-corrected chi connectivity index (χ0v) is 11.3. The van der Waals surface area contributed by atoms with Gasteiger partial charge >= 0.3 is 6.61 Å². The fourth-order valence-electron chi connectivity index (χ4n) is 2.43. The number of ether oxygens (including phenoxy) is 1. The van der Waals surface area contributed by atoms with Crippen molar-refractivity contribution >= 4 is 5.91 Å². The molecule has 0 radical (unpaired) electrons. The molecule has 1 N–H and O–H groups in total. The van der Waals surface area contributed by atoms with Gasteiger partial charge < -0.3 is 15.0 Å². The number of hydrogen-bond donors (Lipinski definition) is 1. The molecule has 1 unspecified atom stereocenters. The second kappa shape index (κ2) is 6.65. The topological polar surface area (TPSA) is 41.6 Å². The number of halogens is 2. The third-order valence-electron chi connectivity index (χ3n) is 3.39. The minimum Gasteiger partial charge on any atom is -0.435 e. The number of rotatable bonds is 5. The summed E-state index contributed by atoms with van der Waals surface area (Å²) in [6, 6.07) is 5.82. The van der Waals surface area contributed by atoms with Gasteiger partial charge in [-0.05, 0) is 50.2 Å². The quantitative estimate of drug-likeness (QED) is 0.899. The molecule has 1 aromatic rings. The summed E-state index contributed by atoms with van der Waals surface area (Å²) in [6.07, 6.45) is 0.985. The SMILES string of the molecule is CNCC1CCN(C(=O)c2ccc(OC(F)F)cc2)C1. The van der Waals surface area contributed by atoms with Crippen molar-refractivity contribution < 1.29 is 18.3 Å². The smallest absolute Gasteiger partial charge is 0.387 e. The fourth-order valence-corrected chi connectivity index (χ4v) is 2.43. The van der Waals surface area contributed by atoms with Gasteiger partial charge in [-0.2, -0.15) is 8.78 Å². The third-order valence-corrected chi connectivity index (χ3v) is 3.39. The van der Waals surface area contributed by atoms with E-state index in [4.69, 9.17) is 0 Å². The van der Waals surface area contributed by atoms with E-state index in [1.54, 1.807) is 4.90 Å². The van der Waals surface area contributed by atoms with Crippen molar-refractivity contribution in [3.05, 3.63) is 29.8 Å². The van der Waals surface area contributed by atoms with Crippen molar-refractivity contribution in [2.45, 2.75) is 13.0 Å². The summed E-state index contributed by atoms with van der Waals surface area (Å²) in [5.74, 6) is 0.476. The highest BCUT2D eigenvalue weighted by atomic mass is 19.3. The number of carbonyl (C=O) groups excluding carboxylic acids is 1. The second-order valence-electron chi connectivity index (χ2n) is 4.87. The number of nitrogens with one attached hydrogen (secondary N) is 1. The van der Waals surface area contributed by atoms with Gasteiger partial charge in [0, 0.05) is 18.7 Å². The van der Waals surface area contributed by atoms with Gasteiger partial charge in [0.2, 0.25) is 0 Å². The predicted octanol–water partition coefficient (Wildman–Crippen LogP) is 1.97. The van der Waals surface area contributed by atoms with Crippen molar-refractivity contribution in [1.29, 1.82) is 0 Å². The fraction of sp³-hybridized carbons (Fsp3) is 0.500. The molecule has 0 spiro atoms. The van der Waals surface area contributed by atoms with E-state index < -0.39 is 6.61 Å². The number of amides is 1. The third kappa shape index (κ3) is 3.66. The van der Waals surface area contributed by atoms with Gasteiger partial charge in [0.1, 0.15) is 5.75 Å². The summed E-state index contributed by atoms with van der Waals surface area (Å²) in [6.45, 7) is -0.488. The molecule has 4 nitrogen and oxygen atoms in total. The van der Waals surface area contributed by atoms with Gasteiger partial charge in [-0.15, -0.1) is 0 Å². The molecule has 0 aliphatic carbocycles. The Morgan fingerprint density at radius 1 is 1.45 bits per heavy atom. The molecule has 1 aromatic carbocycles. The maximum absolute atomic E-state index is 12.2. The number of carbonyl (C=O) groups is 1. The summed E-state index contributed by atoms with van der Waals surface area (Å²) >= 11 is 0. The predicted molar refractivity (Wildman–Crippen MR) is 71.0 cm³/mol. The standard InChI is InChI=1S/C14H18F2N2O2/c1-17-8-10-6-7-18(9-10)13(19)11-2-4-12(5-3-11)20-14(15)16/h2-5,10,14,17H,6-9H2,1H3. The summed E-state index contributed by atoms with van der Waals surface area (Å²) in [7, 11) is 1.90. The van der Waals surface area contributed by atoms with Crippen LogP contribution in [-0.2, 0) is 0 Å². The van der Waals surface area contributed by atoms with E-state index in [0.717, 1.165) is 26.1 Å². The van der Waals surface area contributed by atoms with Crippen LogP contribution in [0.25, 0.3) is 0 Å². The molecule has 1 fully saturated rings. The molecule has 0 aromatic heterocycles. The molecule has 6 heteroatoms. The summed E-state index contributed by atoms with van der Waals surface area (Å²) in [4.78, 5) is 14.0. The molecule has 1 saturated heterocycles. The maximum Gasteiger partial charge on any atom is 0.387 e. The highest BCUT2D eigenvalue weighted by Gasteiger charge is 2.26. The van der Waals surface area contributed by atoms with Gasteiger partial charge in [0.05, 0.1) is 0 Å². The van der Waals surface area contributed by atoms with Gasteiger partial charge in [-0.3, -0.25) is 4.79 Å². The molecule has 1 aliphatic heterocycles. The minimum atomic E-state index is -2.85. The number of benzene rings is 1. The van der Waals surface area contributed by atoms with Crippen LogP contribution in [0.4, 0.5) is 8.78 Å². The van der Waals surface area contributed by atoms with Crippen LogP contribution in [0.5, 0.6) is 5.75 Å². The molecule has 0 bridgehead atoms. The van der Waals surface area contributed by atoms with E-state index in [9.17, 15) is 13.6 Å². The Balaban J connectivity index is 1.96. The normalized spacial score (nSPS) is 18.6. The lowest BCUT2D eigenvalue weighted by Crippen LogP contribution is -2.30. The highest BCUT2D eigenvalue weighted by Crippen LogP contribution is 2.20. The van der Waals surface area contributed by atoms with Crippen molar-refractivity contribution in [3.8, 4) is 5.75 Å². The first-order chi connectivity index (χ1) is 9.60. The van der Waals surface area contributed by atoms with Crippen LogP contribution in [-0.4, -0.2) is 44.1 Å². The number of likely N-dealkylation sites (tertiary alicyclic amines) is 1. The molecule has 2 rings (SSSR count). The van der Waals surface area contributed by atoms with Crippen LogP contribution >= 0.6 is 0 Å². The average molecular weight is 284 g/mol. The van der Waals surface area contributed by atoms with E-state index in [-0.39, 0.29) is 11.7 Å². The molecule has 20 heavy (non-hydrogen) atoms. The first kappa shape index (κ1) is 14.7. The molecule has 110 valence electrons. The molecule has 1 amide bonds. The van der Waals surface area contributed by atoms with Gasteiger partial charge in [-0.1, -0.05) is 0 Å². The molecule has 1 atom stereocenters. The minimum absolute atomic E-state index is 0.0611. The molecular weight excluding hydrogens is 266 g/mol. The monoisotopic (exact) mass is 284 g/mol. The highest BCUT2D eigenvalue weighted by molar-refractivity contribution is 5.94. The molecule has 1 aliphatic rings. The van der Waals surface area contributed by atoms with Crippen LogP contribution in [0.2, 0.25) is 0 Å². The summed E-state index contributed by atoms with van der Waals surface area (Å²) in [5.41, 5.74) is 0.497. The van der Waals surface area contributed by atoms with Gasteiger partial charge in [0.25, 0.3) is 5.91 Å². The largest absolute Gasteiger partial charge is 0.435 e. The summed E-state index contributed by atoms with van der Waals surface area (Å²) < 4.78 is 28.3. The van der Waals surface area contributed by atoms with E-state index in [0.29, 0.717) is 11.5 Å². The van der Waals surface area contributed by atoms with Crippen LogP contribution in [0.3, 0.4) is 0 Å². The van der Waals surface area contributed by atoms with Crippen molar-refractivity contribution in [1.82, 2.24) is 10.2 Å². The van der Waals surface area contributed by atoms with Crippen molar-refractivity contribution in [2.24, 2.45) is 5.92 Å². The summed E-state index contributed by atoms with van der Waals surface area (Å²) in [5, 5.41) is 3.11. The van der Waals surface area contributed by atoms with Gasteiger partial charge in [-0.25, -0.2) is 0 Å². The van der Waals surface area contributed by atoms with Crippen molar-refractivity contribution in [2.75, 3.05) is 26.7 Å². The Bertz CT molecular complexity index is 451. The zero-order chi connectivity index (χ0) is 14.5. The number of alkyl halides is 2. The van der Waals surface area contributed by atoms with Crippen LogP contribution in [0.15, 0.2) is 24.3 Å². The second-order valence-corrected chi connectivity index (χ2v) is 4.87. The Morgan fingerprint density at radius 3 is 2.75 bits per heavy atom. The van der Waals surface area contributed by atoms with Gasteiger partial charge in [0.15, 0.2) is 0 Å². The molecular formula is C14H18F2N2O2. The van der Waals surface area contributed by atoms with E-state index >= 15 is 0 Å². The Hall–Kier alpha value is -1.69. The Labute approximate surface area is 116 Å². The Morgan fingerprint density at radius 2 is 2.15 bits per heavy atom. The zero-order valence-electron chi connectivity index (χ0n) is 11.3.